The lowest BCUT2D eigenvalue weighted by Gasteiger charge is -2.05. The number of hydrogen-bond donors (Lipinski definition) is 1. The largest absolute Gasteiger partial charge is 0.370 e. The third-order valence-corrected chi connectivity index (χ3v) is 4.14. The van der Waals surface area contributed by atoms with Crippen LogP contribution in [0, 0.1) is 0 Å². The van der Waals surface area contributed by atoms with Crippen LogP contribution in [0.2, 0.25) is 0 Å². The summed E-state index contributed by atoms with van der Waals surface area (Å²) in [6.45, 7) is 0.870. The Morgan fingerprint density at radius 3 is 2.95 bits per heavy atom. The van der Waals surface area contributed by atoms with Crippen molar-refractivity contribution in [2.24, 2.45) is 0 Å². The fraction of sp³-hybridized carbons (Fsp3) is 0.533. The number of alkyl halides is 1. The third kappa shape index (κ3) is 4.03. The first-order chi connectivity index (χ1) is 10.7. The van der Waals surface area contributed by atoms with E-state index in [1.807, 2.05) is 12.1 Å². The van der Waals surface area contributed by atoms with E-state index in [2.05, 4.69) is 36.4 Å². The minimum absolute atomic E-state index is 0.157. The summed E-state index contributed by atoms with van der Waals surface area (Å²) >= 11 is 3.41. The Labute approximate surface area is 136 Å². The molecule has 7 heteroatoms. The van der Waals surface area contributed by atoms with Crippen molar-refractivity contribution in [2.75, 3.05) is 11.9 Å². The molecule has 0 aromatic carbocycles. The summed E-state index contributed by atoms with van der Waals surface area (Å²) in [6.07, 6.45) is 6.55. The van der Waals surface area contributed by atoms with Gasteiger partial charge in [-0.25, -0.2) is 9.37 Å². The van der Waals surface area contributed by atoms with E-state index in [1.165, 1.54) is 0 Å². The molecule has 0 atom stereocenters. The van der Waals surface area contributed by atoms with E-state index in [9.17, 15) is 4.39 Å². The van der Waals surface area contributed by atoms with Gasteiger partial charge in [-0.1, -0.05) is 27.5 Å². The second kappa shape index (κ2) is 6.73. The van der Waals surface area contributed by atoms with E-state index >= 15 is 0 Å². The topological polar surface area (TPSA) is 63.8 Å². The predicted octanol–water partition coefficient (Wildman–Crippen LogP) is 4.01. The number of aryl methyl sites for hydroxylation is 1. The molecule has 1 aliphatic rings. The molecule has 0 radical (unpaired) electrons. The molecule has 5 nitrogen and oxygen atoms in total. The Balaban J connectivity index is 1.31. The van der Waals surface area contributed by atoms with Crippen molar-refractivity contribution in [2.45, 2.75) is 44.2 Å². The van der Waals surface area contributed by atoms with Crippen LogP contribution in [0.5, 0.6) is 0 Å². The number of nitrogens with zero attached hydrogens (tertiary/aromatic N) is 3. The fourth-order valence-electron chi connectivity index (χ4n) is 2.16. The summed E-state index contributed by atoms with van der Waals surface area (Å²) in [5, 5.41) is 7.12. The van der Waals surface area contributed by atoms with Crippen LogP contribution in [0.3, 0.4) is 0 Å². The molecular formula is C15H18BrFN4O. The lowest BCUT2D eigenvalue weighted by Crippen LogP contribution is -2.03. The van der Waals surface area contributed by atoms with Gasteiger partial charge in [-0.3, -0.25) is 0 Å². The van der Waals surface area contributed by atoms with Crippen LogP contribution in [0.1, 0.15) is 43.8 Å². The minimum atomic E-state index is -1.33. The van der Waals surface area contributed by atoms with E-state index < -0.39 is 5.67 Å². The summed E-state index contributed by atoms with van der Waals surface area (Å²) in [5.41, 5.74) is -1.33. The summed E-state index contributed by atoms with van der Waals surface area (Å²) < 4.78 is 19.7. The zero-order valence-corrected chi connectivity index (χ0v) is 13.8. The van der Waals surface area contributed by atoms with Gasteiger partial charge in [0.1, 0.15) is 5.82 Å². The number of nitrogens with one attached hydrogen (secondary N) is 1. The molecule has 1 saturated carbocycles. The number of halogens is 2. The predicted molar refractivity (Wildman–Crippen MR) is 84.3 cm³/mol. The van der Waals surface area contributed by atoms with Gasteiger partial charge < -0.3 is 9.84 Å². The average Bonchev–Trinajstić information content (AvgIpc) is 3.07. The Hall–Kier alpha value is -1.50. The molecule has 0 saturated heterocycles. The smallest absolute Gasteiger partial charge is 0.264 e. The van der Waals surface area contributed by atoms with Gasteiger partial charge in [-0.15, -0.1) is 0 Å². The maximum atomic E-state index is 13.7. The maximum Gasteiger partial charge on any atom is 0.264 e. The second-order valence-corrected chi connectivity index (χ2v) is 6.49. The normalized spacial score (nSPS) is 15.7. The number of unbranched alkanes of at least 4 members (excludes halogenated alkanes) is 2. The van der Waals surface area contributed by atoms with Crippen LogP contribution in [0.25, 0.3) is 0 Å². The van der Waals surface area contributed by atoms with E-state index in [0.717, 1.165) is 42.5 Å². The van der Waals surface area contributed by atoms with Crippen molar-refractivity contribution < 1.29 is 8.91 Å². The van der Waals surface area contributed by atoms with E-state index in [1.54, 1.807) is 6.20 Å². The van der Waals surface area contributed by atoms with E-state index in [0.29, 0.717) is 18.7 Å². The van der Waals surface area contributed by atoms with E-state index in [4.69, 9.17) is 4.52 Å². The van der Waals surface area contributed by atoms with Crippen molar-refractivity contribution >= 4 is 21.7 Å². The first-order valence-electron chi connectivity index (χ1n) is 7.53. The third-order valence-electron chi connectivity index (χ3n) is 3.65. The monoisotopic (exact) mass is 368 g/mol. The number of hydrogen-bond acceptors (Lipinski definition) is 5. The number of anilines is 1. The average molecular weight is 369 g/mol. The first kappa shape index (κ1) is 15.4. The molecule has 118 valence electrons. The molecule has 2 aromatic rings. The Kier molecular flexibility index (Phi) is 4.71. The molecule has 0 spiro atoms. The SMILES string of the molecule is FC1(c2nc(CCCCCNc3cc(Br)ccn3)no2)CC1. The highest BCUT2D eigenvalue weighted by molar-refractivity contribution is 9.10. The van der Waals surface area contributed by atoms with Gasteiger partial charge in [0.05, 0.1) is 0 Å². The first-order valence-corrected chi connectivity index (χ1v) is 8.32. The standard InChI is InChI=1S/C15H18BrFN4O/c16-11-5-9-19-13(10-11)18-8-3-1-2-4-12-20-14(22-21-12)15(17)6-7-15/h5,9-10H,1-4,6-8H2,(H,18,19). The lowest BCUT2D eigenvalue weighted by molar-refractivity contribution is 0.225. The van der Waals surface area contributed by atoms with Crippen LogP contribution < -0.4 is 5.32 Å². The van der Waals surface area contributed by atoms with Gasteiger partial charge in [-0.05, 0) is 37.8 Å². The number of rotatable bonds is 8. The van der Waals surface area contributed by atoms with Crippen LogP contribution in [-0.2, 0) is 12.1 Å². The van der Waals surface area contributed by atoms with Gasteiger partial charge in [0.25, 0.3) is 5.89 Å². The molecule has 1 aliphatic carbocycles. The van der Waals surface area contributed by atoms with Crippen LogP contribution in [0.4, 0.5) is 10.2 Å². The summed E-state index contributed by atoms with van der Waals surface area (Å²) in [4.78, 5) is 8.36. The van der Waals surface area contributed by atoms with Gasteiger partial charge in [0.15, 0.2) is 11.5 Å². The van der Waals surface area contributed by atoms with Crippen LogP contribution in [0.15, 0.2) is 27.3 Å². The zero-order valence-electron chi connectivity index (χ0n) is 12.2. The molecule has 2 aromatic heterocycles. The molecule has 22 heavy (non-hydrogen) atoms. The Morgan fingerprint density at radius 2 is 2.18 bits per heavy atom. The molecule has 0 aliphatic heterocycles. The highest BCUT2D eigenvalue weighted by Crippen LogP contribution is 2.48. The summed E-state index contributed by atoms with van der Waals surface area (Å²) in [6, 6.07) is 3.85. The van der Waals surface area contributed by atoms with Crippen LogP contribution in [-0.4, -0.2) is 21.7 Å². The molecule has 0 bridgehead atoms. The molecular weight excluding hydrogens is 351 g/mol. The number of pyridine rings is 1. The molecule has 1 N–H and O–H groups in total. The molecule has 0 unspecified atom stereocenters. The van der Waals surface area contributed by atoms with Crippen molar-refractivity contribution in [1.82, 2.24) is 15.1 Å². The van der Waals surface area contributed by atoms with Gasteiger partial charge in [-0.2, -0.15) is 4.98 Å². The summed E-state index contributed by atoms with van der Waals surface area (Å²) in [7, 11) is 0. The van der Waals surface area contributed by atoms with Crippen LogP contribution >= 0.6 is 15.9 Å². The molecule has 0 amide bonds. The van der Waals surface area contributed by atoms with E-state index in [-0.39, 0.29) is 5.89 Å². The highest BCUT2D eigenvalue weighted by atomic mass is 79.9. The maximum absolute atomic E-state index is 13.7. The quantitative estimate of drug-likeness (QED) is 0.713. The van der Waals surface area contributed by atoms with Crippen molar-refractivity contribution in [1.29, 1.82) is 0 Å². The highest BCUT2D eigenvalue weighted by Gasteiger charge is 2.50. The Morgan fingerprint density at radius 1 is 1.32 bits per heavy atom. The Bertz CT molecular complexity index is 630. The minimum Gasteiger partial charge on any atom is -0.370 e. The molecule has 1 fully saturated rings. The number of aromatic nitrogens is 3. The fourth-order valence-corrected chi connectivity index (χ4v) is 2.50. The van der Waals surface area contributed by atoms with Gasteiger partial charge >= 0.3 is 0 Å². The van der Waals surface area contributed by atoms with Gasteiger partial charge in [0.2, 0.25) is 0 Å². The van der Waals surface area contributed by atoms with Crippen molar-refractivity contribution in [3.63, 3.8) is 0 Å². The zero-order chi connectivity index (χ0) is 15.4. The van der Waals surface area contributed by atoms with Crippen molar-refractivity contribution in [3.05, 3.63) is 34.5 Å². The molecule has 3 rings (SSSR count). The molecule has 2 heterocycles. The van der Waals surface area contributed by atoms with Crippen molar-refractivity contribution in [3.8, 4) is 0 Å². The lowest BCUT2D eigenvalue weighted by atomic mass is 10.2. The summed E-state index contributed by atoms with van der Waals surface area (Å²) in [5.74, 6) is 1.64. The second-order valence-electron chi connectivity index (χ2n) is 5.58. The van der Waals surface area contributed by atoms with Gasteiger partial charge in [0, 0.05) is 23.6 Å².